The average molecular weight is 545 g/mol. The molecule has 2 amide bonds. The van der Waals surface area contributed by atoms with E-state index in [1.165, 1.54) is 4.90 Å². The summed E-state index contributed by atoms with van der Waals surface area (Å²) in [4.78, 5) is 45.8. The number of likely N-dealkylation sites (tertiary alicyclic amines) is 1. The van der Waals surface area contributed by atoms with E-state index in [1.54, 1.807) is 11.8 Å². The number of hydrogen-bond acceptors (Lipinski definition) is 6. The molecule has 6 rings (SSSR count). The lowest BCUT2D eigenvalue weighted by atomic mass is 9.74. The molecule has 2 aromatic rings. The van der Waals surface area contributed by atoms with Gasteiger partial charge in [0.1, 0.15) is 17.6 Å². The van der Waals surface area contributed by atoms with E-state index in [2.05, 4.69) is 0 Å². The Kier molecular flexibility index (Phi) is 6.58. The molecule has 210 valence electrons. The molecule has 4 aliphatic heterocycles. The van der Waals surface area contributed by atoms with Crippen molar-refractivity contribution < 1.29 is 29.0 Å². The number of nitrogens with zero attached hydrogens (tertiary/aromatic N) is 2. The molecule has 0 bridgehead atoms. The smallest absolute Gasteiger partial charge is 0.313 e. The minimum atomic E-state index is -1.39. The summed E-state index contributed by atoms with van der Waals surface area (Å²) in [5, 5.41) is 12.6. The number of hydrogen-bond donors (Lipinski definition) is 1. The number of esters is 1. The minimum absolute atomic E-state index is 0.162. The largest absolute Gasteiger partial charge is 0.465 e. The van der Waals surface area contributed by atoms with E-state index in [1.807, 2.05) is 80.6 Å². The van der Waals surface area contributed by atoms with Crippen LogP contribution < -0.4 is 4.90 Å². The van der Waals surface area contributed by atoms with Crippen LogP contribution in [0.5, 0.6) is 0 Å². The third-order valence-electron chi connectivity index (χ3n) is 8.85. The number of benzene rings is 2. The van der Waals surface area contributed by atoms with E-state index in [4.69, 9.17) is 9.47 Å². The fraction of sp³-hybridized carbons (Fsp3) is 0.469. The Morgan fingerprint density at radius 2 is 1.77 bits per heavy atom. The molecule has 1 N–H and O–H groups in total. The molecule has 2 saturated heterocycles. The number of aliphatic hydroxyl groups is 1. The summed E-state index contributed by atoms with van der Waals surface area (Å²) in [5.41, 5.74) is -1.81. The molecule has 40 heavy (non-hydrogen) atoms. The summed E-state index contributed by atoms with van der Waals surface area (Å²) < 4.78 is 12.4. The first-order valence-electron chi connectivity index (χ1n) is 14.2. The number of aliphatic hydroxyl groups excluding tert-OH is 1. The second-order valence-corrected chi connectivity index (χ2v) is 11.9. The van der Waals surface area contributed by atoms with Crippen LogP contribution in [0.15, 0.2) is 66.8 Å². The molecule has 0 aromatic heterocycles. The zero-order chi connectivity index (χ0) is 28.2. The van der Waals surface area contributed by atoms with E-state index in [0.29, 0.717) is 18.5 Å². The van der Waals surface area contributed by atoms with Crippen molar-refractivity contribution in [1.82, 2.24) is 4.90 Å². The number of ether oxygens (including phenoxy) is 2. The van der Waals surface area contributed by atoms with Crippen LogP contribution in [0, 0.1) is 17.8 Å². The van der Waals surface area contributed by atoms with Gasteiger partial charge in [-0.1, -0.05) is 68.5 Å². The van der Waals surface area contributed by atoms with E-state index in [9.17, 15) is 19.5 Å². The van der Waals surface area contributed by atoms with Crippen LogP contribution in [0.2, 0.25) is 0 Å². The Morgan fingerprint density at radius 1 is 1.00 bits per heavy atom. The molecule has 4 heterocycles. The molecular formula is C32H36N2O6. The highest BCUT2D eigenvalue weighted by molar-refractivity contribution is 6.06. The fourth-order valence-corrected chi connectivity index (χ4v) is 7.22. The maximum absolute atomic E-state index is 14.7. The van der Waals surface area contributed by atoms with Crippen LogP contribution in [0.1, 0.15) is 33.6 Å². The standard InChI is InChI=1S/C32H36N2O6/c1-20(2)17-24(19-35)34-27-29(37)33(23-12-11-21-9-4-5-10-22(21)18-23)15-8-14-32(27)25(28(34)36)26-30(38)39-16-7-6-13-31(26,3)40-32/h4-6,8-14,18,20,24-27,35H,7,15-17,19H2,1-3H3/t24-,25+,26+,27?,31-,32+/m1/s1. The van der Waals surface area contributed by atoms with E-state index < -0.39 is 41.1 Å². The van der Waals surface area contributed by atoms with Gasteiger partial charge in [0.2, 0.25) is 5.91 Å². The van der Waals surface area contributed by atoms with Gasteiger partial charge in [0.15, 0.2) is 0 Å². The Labute approximate surface area is 234 Å². The first-order chi connectivity index (χ1) is 19.2. The van der Waals surface area contributed by atoms with Crippen molar-refractivity contribution in [1.29, 1.82) is 0 Å². The van der Waals surface area contributed by atoms with Crippen LogP contribution in [-0.2, 0) is 23.9 Å². The Bertz CT molecular complexity index is 1420. The quantitative estimate of drug-likeness (QED) is 0.456. The summed E-state index contributed by atoms with van der Waals surface area (Å²) in [5.74, 6) is -2.88. The maximum Gasteiger partial charge on any atom is 0.313 e. The highest BCUT2D eigenvalue weighted by atomic mass is 16.6. The van der Waals surface area contributed by atoms with E-state index in [0.717, 1.165) is 10.8 Å². The molecule has 8 nitrogen and oxygen atoms in total. The molecule has 1 spiro atoms. The second-order valence-electron chi connectivity index (χ2n) is 11.9. The summed E-state index contributed by atoms with van der Waals surface area (Å²) in [7, 11) is 0. The summed E-state index contributed by atoms with van der Waals surface area (Å²) >= 11 is 0. The second kappa shape index (κ2) is 9.85. The fourth-order valence-electron chi connectivity index (χ4n) is 7.22. The molecule has 1 unspecified atom stereocenters. The van der Waals surface area contributed by atoms with Gasteiger partial charge in [0.25, 0.3) is 5.91 Å². The number of cyclic esters (lactones) is 1. The molecule has 4 aliphatic rings. The minimum Gasteiger partial charge on any atom is -0.465 e. The van der Waals surface area contributed by atoms with Crippen molar-refractivity contribution in [3.63, 3.8) is 0 Å². The van der Waals surface area contributed by atoms with Crippen LogP contribution in [0.3, 0.4) is 0 Å². The van der Waals surface area contributed by atoms with Gasteiger partial charge in [-0.05, 0) is 48.6 Å². The molecule has 8 heteroatoms. The van der Waals surface area contributed by atoms with Crippen molar-refractivity contribution >= 4 is 34.2 Å². The van der Waals surface area contributed by atoms with Gasteiger partial charge in [0.05, 0.1) is 30.8 Å². The van der Waals surface area contributed by atoms with Gasteiger partial charge in [-0.2, -0.15) is 0 Å². The number of amides is 2. The molecule has 2 aromatic carbocycles. The lowest BCUT2D eigenvalue weighted by molar-refractivity contribution is -0.160. The molecule has 6 atom stereocenters. The van der Waals surface area contributed by atoms with Crippen LogP contribution in [-0.4, -0.2) is 70.8 Å². The Morgan fingerprint density at radius 3 is 2.52 bits per heavy atom. The number of carbonyl (C=O) groups is 3. The lowest BCUT2D eigenvalue weighted by Gasteiger charge is -2.40. The predicted molar refractivity (Wildman–Crippen MR) is 150 cm³/mol. The van der Waals surface area contributed by atoms with Gasteiger partial charge in [-0.15, -0.1) is 0 Å². The first kappa shape index (κ1) is 26.7. The van der Waals surface area contributed by atoms with Crippen LogP contribution >= 0.6 is 0 Å². The van der Waals surface area contributed by atoms with Gasteiger partial charge in [-0.3, -0.25) is 14.4 Å². The highest BCUT2D eigenvalue weighted by Crippen LogP contribution is 2.58. The summed E-state index contributed by atoms with van der Waals surface area (Å²) in [6, 6.07) is 12.1. The van der Waals surface area contributed by atoms with Crippen molar-refractivity contribution in [2.45, 2.75) is 56.9 Å². The predicted octanol–water partition coefficient (Wildman–Crippen LogP) is 3.62. The molecule has 0 saturated carbocycles. The normalized spacial score (nSPS) is 32.4. The van der Waals surface area contributed by atoms with Crippen molar-refractivity contribution in [3.8, 4) is 0 Å². The lowest BCUT2D eigenvalue weighted by Crippen LogP contribution is -2.59. The summed E-state index contributed by atoms with van der Waals surface area (Å²) in [6.07, 6.45) is 8.49. The van der Waals surface area contributed by atoms with Crippen LogP contribution in [0.4, 0.5) is 5.69 Å². The third-order valence-corrected chi connectivity index (χ3v) is 8.85. The van der Waals surface area contributed by atoms with Crippen molar-refractivity contribution in [2.75, 3.05) is 24.7 Å². The highest BCUT2D eigenvalue weighted by Gasteiger charge is 2.75. The van der Waals surface area contributed by atoms with E-state index in [-0.39, 0.29) is 37.5 Å². The molecular weight excluding hydrogens is 508 g/mol. The Balaban J connectivity index is 1.51. The number of anilines is 1. The molecule has 2 fully saturated rings. The van der Waals surface area contributed by atoms with Crippen LogP contribution in [0.25, 0.3) is 10.8 Å². The Hall–Kier alpha value is -3.49. The topological polar surface area (TPSA) is 96.4 Å². The average Bonchev–Trinajstić information content (AvgIpc) is 3.25. The number of carbonyl (C=O) groups excluding carboxylic acids is 3. The SMILES string of the molecule is CC(C)C[C@H](CO)N1C(=O)[C@@H]2[C@H]3C(=O)OCCC=C[C@@]3(C)O[C@@]23C=CCN(c2ccc4ccccc4c2)C(=O)C13. The van der Waals surface area contributed by atoms with Gasteiger partial charge in [-0.25, -0.2) is 0 Å². The number of rotatable bonds is 5. The molecule has 0 radical (unpaired) electrons. The van der Waals surface area contributed by atoms with Gasteiger partial charge < -0.3 is 24.4 Å². The number of fused-ring (bicyclic) bond motifs is 3. The summed E-state index contributed by atoms with van der Waals surface area (Å²) in [6.45, 7) is 6.03. The monoisotopic (exact) mass is 544 g/mol. The van der Waals surface area contributed by atoms with Crippen molar-refractivity contribution in [2.24, 2.45) is 17.8 Å². The van der Waals surface area contributed by atoms with E-state index >= 15 is 0 Å². The zero-order valence-electron chi connectivity index (χ0n) is 23.2. The molecule has 0 aliphatic carbocycles. The zero-order valence-corrected chi connectivity index (χ0v) is 23.2. The van der Waals surface area contributed by atoms with Crippen molar-refractivity contribution in [3.05, 3.63) is 66.8 Å². The van der Waals surface area contributed by atoms with Gasteiger partial charge in [0, 0.05) is 12.2 Å². The van der Waals surface area contributed by atoms with Gasteiger partial charge >= 0.3 is 5.97 Å². The third kappa shape index (κ3) is 3.99. The maximum atomic E-state index is 14.7. The first-order valence-corrected chi connectivity index (χ1v) is 14.2.